The molecular formula is C4H12N2O. The Labute approximate surface area is 43.5 Å². The monoisotopic (exact) mass is 104 g/mol. The summed E-state index contributed by atoms with van der Waals surface area (Å²) in [4.78, 5) is 0. The Morgan fingerprint density at radius 3 is 2.14 bits per heavy atom. The largest absolute Gasteiger partial charge is 0.377 e. The zero-order valence-electron chi connectivity index (χ0n) is 4.68. The summed E-state index contributed by atoms with van der Waals surface area (Å²) in [7, 11) is 1.75. The first-order valence-corrected chi connectivity index (χ1v) is 2.29. The van der Waals surface area contributed by atoms with E-state index < -0.39 is 6.23 Å². The van der Waals surface area contributed by atoms with Crippen molar-refractivity contribution < 1.29 is 5.11 Å². The molecule has 2 unspecified atom stereocenters. The van der Waals surface area contributed by atoms with Gasteiger partial charge in [-0.25, -0.2) is 0 Å². The summed E-state index contributed by atoms with van der Waals surface area (Å²) >= 11 is 0. The smallest absolute Gasteiger partial charge is 0.117 e. The van der Waals surface area contributed by atoms with Crippen LogP contribution in [0.3, 0.4) is 0 Å². The lowest BCUT2D eigenvalue weighted by Crippen LogP contribution is -2.40. The zero-order chi connectivity index (χ0) is 5.86. The molecule has 0 bridgehead atoms. The number of hydrogen-bond donors (Lipinski definition) is 3. The Morgan fingerprint density at radius 2 is 2.14 bits per heavy atom. The van der Waals surface area contributed by atoms with E-state index in [-0.39, 0.29) is 6.04 Å². The molecule has 4 N–H and O–H groups in total. The van der Waals surface area contributed by atoms with E-state index in [2.05, 4.69) is 5.32 Å². The summed E-state index contributed by atoms with van der Waals surface area (Å²) in [6.45, 7) is 1.81. The summed E-state index contributed by atoms with van der Waals surface area (Å²) in [6, 6.07) is -0.0139. The molecule has 0 saturated carbocycles. The molecule has 0 radical (unpaired) electrons. The van der Waals surface area contributed by atoms with Crippen molar-refractivity contribution in [3.63, 3.8) is 0 Å². The van der Waals surface area contributed by atoms with Gasteiger partial charge >= 0.3 is 0 Å². The molecule has 0 aromatic carbocycles. The van der Waals surface area contributed by atoms with Gasteiger partial charge in [0, 0.05) is 6.04 Å². The van der Waals surface area contributed by atoms with Crippen molar-refractivity contribution in [2.45, 2.75) is 19.2 Å². The highest BCUT2D eigenvalue weighted by Crippen LogP contribution is 1.78. The van der Waals surface area contributed by atoms with Gasteiger partial charge in [-0.15, -0.1) is 0 Å². The second-order valence-electron chi connectivity index (χ2n) is 1.57. The fourth-order valence-electron chi connectivity index (χ4n) is 0.171. The van der Waals surface area contributed by atoms with Crippen LogP contribution < -0.4 is 11.1 Å². The van der Waals surface area contributed by atoms with Gasteiger partial charge in [0.15, 0.2) is 0 Å². The van der Waals surface area contributed by atoms with Crippen LogP contribution in [0.2, 0.25) is 0 Å². The van der Waals surface area contributed by atoms with Crippen LogP contribution >= 0.6 is 0 Å². The molecule has 0 amide bonds. The van der Waals surface area contributed by atoms with E-state index in [1.165, 1.54) is 0 Å². The molecule has 2 atom stereocenters. The number of rotatable bonds is 2. The van der Waals surface area contributed by atoms with Crippen molar-refractivity contribution in [1.29, 1.82) is 0 Å². The molecule has 44 valence electrons. The standard InChI is InChI=1S/C4H12N2O/c1-3(6-2)4(5)7/h3-4,6-7H,5H2,1-2H3. The molecule has 0 aliphatic heterocycles. The number of aliphatic hydroxyl groups is 1. The van der Waals surface area contributed by atoms with E-state index in [1.54, 1.807) is 7.05 Å². The molecule has 0 aromatic heterocycles. The lowest BCUT2D eigenvalue weighted by atomic mass is 10.3. The van der Waals surface area contributed by atoms with Crippen LogP contribution in [0.5, 0.6) is 0 Å². The maximum Gasteiger partial charge on any atom is 0.117 e. The van der Waals surface area contributed by atoms with Crippen LogP contribution in [0.4, 0.5) is 0 Å². The number of aliphatic hydroxyl groups excluding tert-OH is 1. The first-order chi connectivity index (χ1) is 3.18. The third-order valence-electron chi connectivity index (χ3n) is 0.968. The van der Waals surface area contributed by atoms with Gasteiger partial charge in [-0.2, -0.15) is 0 Å². The topological polar surface area (TPSA) is 58.3 Å². The molecule has 0 saturated heterocycles. The lowest BCUT2D eigenvalue weighted by Gasteiger charge is -2.11. The number of likely N-dealkylation sites (N-methyl/N-ethyl adjacent to an activating group) is 1. The second-order valence-corrected chi connectivity index (χ2v) is 1.57. The Kier molecular flexibility index (Phi) is 2.91. The minimum Gasteiger partial charge on any atom is -0.377 e. The minimum absolute atomic E-state index is 0.0139. The quantitative estimate of drug-likeness (QED) is 0.389. The van der Waals surface area contributed by atoms with Crippen molar-refractivity contribution in [3.8, 4) is 0 Å². The van der Waals surface area contributed by atoms with E-state index >= 15 is 0 Å². The number of hydrogen-bond acceptors (Lipinski definition) is 3. The van der Waals surface area contributed by atoms with E-state index in [4.69, 9.17) is 10.8 Å². The van der Waals surface area contributed by atoms with Gasteiger partial charge in [0.1, 0.15) is 6.23 Å². The van der Waals surface area contributed by atoms with Gasteiger partial charge < -0.3 is 16.2 Å². The highest BCUT2D eigenvalue weighted by molar-refractivity contribution is 4.60. The molecule has 0 aromatic rings. The van der Waals surface area contributed by atoms with Crippen LogP contribution in [0.1, 0.15) is 6.92 Å². The van der Waals surface area contributed by atoms with E-state index in [1.807, 2.05) is 6.92 Å². The molecule has 0 heterocycles. The van der Waals surface area contributed by atoms with E-state index in [0.29, 0.717) is 0 Å². The van der Waals surface area contributed by atoms with E-state index in [0.717, 1.165) is 0 Å². The van der Waals surface area contributed by atoms with Crippen LogP contribution in [0.15, 0.2) is 0 Å². The van der Waals surface area contributed by atoms with Gasteiger partial charge in [-0.1, -0.05) is 0 Å². The highest BCUT2D eigenvalue weighted by atomic mass is 16.3. The van der Waals surface area contributed by atoms with Crippen LogP contribution in [-0.2, 0) is 0 Å². The average Bonchev–Trinajstić information content (AvgIpc) is 1.65. The first kappa shape index (κ1) is 6.88. The third kappa shape index (κ3) is 2.56. The predicted octanol–water partition coefficient (Wildman–Crippen LogP) is -1.13. The van der Waals surface area contributed by atoms with Crippen molar-refractivity contribution in [2.24, 2.45) is 5.73 Å². The summed E-state index contributed by atoms with van der Waals surface area (Å²) < 4.78 is 0. The van der Waals surface area contributed by atoms with Crippen molar-refractivity contribution in [1.82, 2.24) is 5.32 Å². The van der Waals surface area contributed by atoms with Gasteiger partial charge in [-0.3, -0.25) is 0 Å². The van der Waals surface area contributed by atoms with Gasteiger partial charge in [0.05, 0.1) is 0 Å². The molecule has 3 heteroatoms. The van der Waals surface area contributed by atoms with Crippen molar-refractivity contribution >= 4 is 0 Å². The highest BCUT2D eigenvalue weighted by Gasteiger charge is 2.02. The van der Waals surface area contributed by atoms with Gasteiger partial charge in [0.2, 0.25) is 0 Å². The fraction of sp³-hybridized carbons (Fsp3) is 1.00. The molecule has 0 spiro atoms. The zero-order valence-corrected chi connectivity index (χ0v) is 4.68. The maximum absolute atomic E-state index is 8.54. The van der Waals surface area contributed by atoms with Crippen LogP contribution in [0, 0.1) is 0 Å². The number of nitrogens with two attached hydrogens (primary N) is 1. The van der Waals surface area contributed by atoms with Crippen molar-refractivity contribution in [2.75, 3.05) is 7.05 Å². The van der Waals surface area contributed by atoms with Gasteiger partial charge in [0.25, 0.3) is 0 Å². The average molecular weight is 104 g/mol. The Hall–Kier alpha value is -0.120. The molecule has 3 nitrogen and oxygen atoms in total. The molecular weight excluding hydrogens is 92.1 g/mol. The Bertz CT molecular complexity index is 47.0. The van der Waals surface area contributed by atoms with Crippen molar-refractivity contribution in [3.05, 3.63) is 0 Å². The molecule has 7 heavy (non-hydrogen) atoms. The SMILES string of the molecule is CNC(C)C(N)O. The molecule has 0 fully saturated rings. The molecule has 0 rings (SSSR count). The maximum atomic E-state index is 8.54. The summed E-state index contributed by atoms with van der Waals surface area (Å²) in [5.41, 5.74) is 5.04. The summed E-state index contributed by atoms with van der Waals surface area (Å²) in [5.74, 6) is 0. The third-order valence-corrected chi connectivity index (χ3v) is 0.968. The molecule has 0 aliphatic rings. The Morgan fingerprint density at radius 1 is 1.71 bits per heavy atom. The predicted molar refractivity (Wildman–Crippen MR) is 28.7 cm³/mol. The van der Waals surface area contributed by atoms with Gasteiger partial charge in [-0.05, 0) is 14.0 Å². The fourth-order valence-corrected chi connectivity index (χ4v) is 0.171. The first-order valence-electron chi connectivity index (χ1n) is 2.29. The lowest BCUT2D eigenvalue weighted by molar-refractivity contribution is 0.145. The van der Waals surface area contributed by atoms with E-state index in [9.17, 15) is 0 Å². The Balaban J connectivity index is 3.14. The number of nitrogens with one attached hydrogen (secondary N) is 1. The second kappa shape index (κ2) is 2.96. The summed E-state index contributed by atoms with van der Waals surface area (Å²) in [5, 5.41) is 11.3. The normalized spacial score (nSPS) is 18.9. The van der Waals surface area contributed by atoms with Crippen LogP contribution in [0.25, 0.3) is 0 Å². The van der Waals surface area contributed by atoms with Crippen LogP contribution in [-0.4, -0.2) is 24.4 Å². The molecule has 0 aliphatic carbocycles. The minimum atomic E-state index is -0.745. The summed E-state index contributed by atoms with van der Waals surface area (Å²) in [6.07, 6.45) is -0.745.